The summed E-state index contributed by atoms with van der Waals surface area (Å²) < 4.78 is 6.24. The van der Waals surface area contributed by atoms with Crippen molar-refractivity contribution in [2.24, 2.45) is 5.73 Å². The van der Waals surface area contributed by atoms with Gasteiger partial charge in [0.1, 0.15) is 16.2 Å². The molecule has 1 atom stereocenters. The van der Waals surface area contributed by atoms with Gasteiger partial charge in [-0.25, -0.2) is 4.98 Å². The third-order valence-corrected chi connectivity index (χ3v) is 3.29. The SMILES string of the molecule is COc1cc(C)cc(C)c1C(N)c1ncc(Br)[nH]1. The van der Waals surface area contributed by atoms with Crippen molar-refractivity contribution in [1.29, 1.82) is 0 Å². The fourth-order valence-corrected chi connectivity index (χ4v) is 2.42. The number of imidazole rings is 1. The third kappa shape index (κ3) is 2.42. The first-order valence-electron chi connectivity index (χ1n) is 5.64. The molecule has 1 heterocycles. The van der Waals surface area contributed by atoms with Crippen molar-refractivity contribution in [1.82, 2.24) is 9.97 Å². The number of nitrogens with two attached hydrogens (primary N) is 1. The topological polar surface area (TPSA) is 63.9 Å². The van der Waals surface area contributed by atoms with Gasteiger partial charge in [-0.05, 0) is 47.0 Å². The lowest BCUT2D eigenvalue weighted by Gasteiger charge is -2.17. The standard InChI is InChI=1S/C13H16BrN3O/c1-7-4-8(2)11(9(5-7)18-3)12(15)13-16-6-10(14)17-13/h4-6,12H,15H2,1-3H3,(H,16,17). The van der Waals surface area contributed by atoms with E-state index in [0.717, 1.165) is 27.0 Å². The lowest BCUT2D eigenvalue weighted by Crippen LogP contribution is -2.16. The molecule has 0 fully saturated rings. The maximum atomic E-state index is 6.26. The molecule has 0 spiro atoms. The quantitative estimate of drug-likeness (QED) is 0.916. The smallest absolute Gasteiger partial charge is 0.128 e. The molecule has 2 aromatic rings. The van der Waals surface area contributed by atoms with Crippen LogP contribution in [0.15, 0.2) is 22.9 Å². The van der Waals surface area contributed by atoms with Gasteiger partial charge in [0.15, 0.2) is 0 Å². The van der Waals surface area contributed by atoms with E-state index in [-0.39, 0.29) is 6.04 Å². The van der Waals surface area contributed by atoms with Crippen molar-refractivity contribution in [3.63, 3.8) is 0 Å². The number of aryl methyl sites for hydroxylation is 2. The Hall–Kier alpha value is -1.33. The van der Waals surface area contributed by atoms with Crippen molar-refractivity contribution in [3.05, 3.63) is 45.4 Å². The normalized spacial score (nSPS) is 12.5. The second-order valence-electron chi connectivity index (χ2n) is 4.29. The van der Waals surface area contributed by atoms with Crippen LogP contribution in [-0.2, 0) is 0 Å². The van der Waals surface area contributed by atoms with E-state index in [4.69, 9.17) is 10.5 Å². The Morgan fingerprint density at radius 1 is 1.39 bits per heavy atom. The zero-order valence-electron chi connectivity index (χ0n) is 10.6. The number of halogens is 1. The average Bonchev–Trinajstić information content (AvgIpc) is 2.74. The summed E-state index contributed by atoms with van der Waals surface area (Å²) in [6, 6.07) is 3.75. The fourth-order valence-electron chi connectivity index (χ4n) is 2.12. The molecule has 4 nitrogen and oxygen atoms in total. The number of aromatic nitrogens is 2. The van der Waals surface area contributed by atoms with Crippen molar-refractivity contribution >= 4 is 15.9 Å². The lowest BCUT2D eigenvalue weighted by atomic mass is 9.98. The number of nitrogens with one attached hydrogen (secondary N) is 1. The van der Waals surface area contributed by atoms with Crippen LogP contribution < -0.4 is 10.5 Å². The molecule has 3 N–H and O–H groups in total. The number of ether oxygens (including phenoxy) is 1. The number of aromatic amines is 1. The lowest BCUT2D eigenvalue weighted by molar-refractivity contribution is 0.406. The molecule has 96 valence electrons. The molecule has 1 aromatic carbocycles. The van der Waals surface area contributed by atoms with Crippen LogP contribution in [0.2, 0.25) is 0 Å². The highest BCUT2D eigenvalue weighted by Gasteiger charge is 2.19. The van der Waals surface area contributed by atoms with E-state index < -0.39 is 0 Å². The number of rotatable bonds is 3. The van der Waals surface area contributed by atoms with E-state index in [1.807, 2.05) is 19.9 Å². The van der Waals surface area contributed by atoms with Crippen molar-refractivity contribution in [2.45, 2.75) is 19.9 Å². The maximum absolute atomic E-state index is 6.26. The van der Waals surface area contributed by atoms with E-state index >= 15 is 0 Å². The predicted molar refractivity (Wildman–Crippen MR) is 74.8 cm³/mol. The summed E-state index contributed by atoms with van der Waals surface area (Å²) in [7, 11) is 1.66. The summed E-state index contributed by atoms with van der Waals surface area (Å²) in [5.74, 6) is 1.51. The first-order chi connectivity index (χ1) is 8.52. The molecule has 1 aromatic heterocycles. The van der Waals surface area contributed by atoms with Crippen LogP contribution in [0.25, 0.3) is 0 Å². The van der Waals surface area contributed by atoms with Crippen LogP contribution in [0, 0.1) is 13.8 Å². The van der Waals surface area contributed by atoms with Crippen LogP contribution in [0.1, 0.15) is 28.6 Å². The Kier molecular flexibility index (Phi) is 3.73. The molecule has 1 unspecified atom stereocenters. The summed E-state index contributed by atoms with van der Waals surface area (Å²) in [5.41, 5.74) is 9.48. The van der Waals surface area contributed by atoms with Crippen molar-refractivity contribution < 1.29 is 4.74 Å². The molecule has 18 heavy (non-hydrogen) atoms. The third-order valence-electron chi connectivity index (χ3n) is 2.88. The monoisotopic (exact) mass is 309 g/mol. The minimum absolute atomic E-state index is 0.327. The zero-order chi connectivity index (χ0) is 13.3. The molecule has 5 heteroatoms. The number of hydrogen-bond acceptors (Lipinski definition) is 3. The highest BCUT2D eigenvalue weighted by atomic mass is 79.9. The number of nitrogens with zero attached hydrogens (tertiary/aromatic N) is 1. The number of methoxy groups -OCH3 is 1. The molecule has 0 saturated heterocycles. The van der Waals surface area contributed by atoms with E-state index in [1.165, 1.54) is 0 Å². The summed E-state index contributed by atoms with van der Waals surface area (Å²) in [4.78, 5) is 7.34. The Morgan fingerprint density at radius 3 is 2.67 bits per heavy atom. The highest BCUT2D eigenvalue weighted by Crippen LogP contribution is 2.31. The summed E-state index contributed by atoms with van der Waals surface area (Å²) in [6.07, 6.45) is 1.70. The Bertz CT molecular complexity index is 565. The molecule has 0 aliphatic heterocycles. The van der Waals surface area contributed by atoms with Gasteiger partial charge in [0, 0.05) is 5.56 Å². The van der Waals surface area contributed by atoms with Gasteiger partial charge in [-0.2, -0.15) is 0 Å². The number of H-pyrrole nitrogens is 1. The average molecular weight is 310 g/mol. The van der Waals surface area contributed by atoms with Gasteiger partial charge >= 0.3 is 0 Å². The van der Waals surface area contributed by atoms with E-state index in [1.54, 1.807) is 13.3 Å². The minimum Gasteiger partial charge on any atom is -0.496 e. The summed E-state index contributed by atoms with van der Waals surface area (Å²) in [5, 5.41) is 0. The second kappa shape index (κ2) is 5.12. The van der Waals surface area contributed by atoms with E-state index in [9.17, 15) is 0 Å². The molecule has 0 bridgehead atoms. The molecule has 0 aliphatic carbocycles. The molecular weight excluding hydrogens is 294 g/mol. The molecule has 0 amide bonds. The van der Waals surface area contributed by atoms with Gasteiger partial charge in [0.25, 0.3) is 0 Å². The van der Waals surface area contributed by atoms with Gasteiger partial charge in [-0.3, -0.25) is 0 Å². The Morgan fingerprint density at radius 2 is 2.11 bits per heavy atom. The van der Waals surface area contributed by atoms with Crippen LogP contribution >= 0.6 is 15.9 Å². The predicted octanol–water partition coefficient (Wildman–Crippen LogP) is 2.85. The molecule has 0 saturated carbocycles. The van der Waals surface area contributed by atoms with Crippen molar-refractivity contribution in [3.8, 4) is 5.75 Å². The zero-order valence-corrected chi connectivity index (χ0v) is 12.2. The van der Waals surface area contributed by atoms with E-state index in [0.29, 0.717) is 5.82 Å². The van der Waals surface area contributed by atoms with Crippen LogP contribution in [0.4, 0.5) is 0 Å². The van der Waals surface area contributed by atoms with E-state index in [2.05, 4.69) is 32.0 Å². The highest BCUT2D eigenvalue weighted by molar-refractivity contribution is 9.10. The molecule has 0 radical (unpaired) electrons. The number of benzene rings is 1. The Labute approximate surface area is 115 Å². The largest absolute Gasteiger partial charge is 0.496 e. The molecule has 2 rings (SSSR count). The maximum Gasteiger partial charge on any atom is 0.128 e. The Balaban J connectivity index is 2.50. The second-order valence-corrected chi connectivity index (χ2v) is 5.15. The molecular formula is C13H16BrN3O. The van der Waals surface area contributed by atoms with Crippen LogP contribution in [0.5, 0.6) is 5.75 Å². The van der Waals surface area contributed by atoms with Gasteiger partial charge in [-0.15, -0.1) is 0 Å². The number of hydrogen-bond donors (Lipinski definition) is 2. The first kappa shape index (κ1) is 13.1. The molecule has 0 aliphatic rings. The van der Waals surface area contributed by atoms with Crippen molar-refractivity contribution in [2.75, 3.05) is 7.11 Å². The summed E-state index contributed by atoms with van der Waals surface area (Å²) >= 11 is 3.33. The van der Waals surface area contributed by atoms with Gasteiger partial charge in [-0.1, -0.05) is 6.07 Å². The fraction of sp³-hybridized carbons (Fsp3) is 0.308. The van der Waals surface area contributed by atoms with Gasteiger partial charge < -0.3 is 15.5 Å². The minimum atomic E-state index is -0.327. The van der Waals surface area contributed by atoms with Gasteiger partial charge in [0.2, 0.25) is 0 Å². The van der Waals surface area contributed by atoms with Crippen LogP contribution in [0.3, 0.4) is 0 Å². The van der Waals surface area contributed by atoms with Crippen LogP contribution in [-0.4, -0.2) is 17.1 Å². The first-order valence-corrected chi connectivity index (χ1v) is 6.43. The summed E-state index contributed by atoms with van der Waals surface area (Å²) in [6.45, 7) is 4.07. The van der Waals surface area contributed by atoms with Gasteiger partial charge in [0.05, 0.1) is 19.3 Å².